The van der Waals surface area contributed by atoms with Crippen LogP contribution in [0.15, 0.2) is 34.8 Å². The fourth-order valence-electron chi connectivity index (χ4n) is 2.56. The van der Waals surface area contributed by atoms with Gasteiger partial charge in [-0.15, -0.1) is 24.0 Å². The van der Waals surface area contributed by atoms with Crippen LogP contribution >= 0.6 is 47.2 Å². The number of halogens is 3. The Morgan fingerprint density at radius 3 is 2.80 bits per heavy atom. The number of ether oxygens (including phenoxy) is 1. The lowest BCUT2D eigenvalue weighted by atomic mass is 10.1. The Morgan fingerprint density at radius 1 is 1.36 bits per heavy atom. The first-order valence-corrected chi connectivity index (χ1v) is 9.11. The average molecular weight is 498 g/mol. The third kappa shape index (κ3) is 7.72. The highest BCUT2D eigenvalue weighted by atomic mass is 127. The van der Waals surface area contributed by atoms with Crippen LogP contribution in [-0.2, 0) is 4.74 Å². The molecule has 1 unspecified atom stereocenters. The first-order chi connectivity index (χ1) is 11.6. The highest BCUT2D eigenvalue weighted by Crippen LogP contribution is 2.26. The van der Waals surface area contributed by atoms with Gasteiger partial charge in [0.2, 0.25) is 0 Å². The van der Waals surface area contributed by atoms with E-state index in [0.29, 0.717) is 10.0 Å². The van der Waals surface area contributed by atoms with E-state index in [4.69, 9.17) is 27.9 Å². The van der Waals surface area contributed by atoms with Crippen LogP contribution in [0.3, 0.4) is 0 Å². The fourth-order valence-corrected chi connectivity index (χ4v) is 3.13. The van der Waals surface area contributed by atoms with Gasteiger partial charge in [0.25, 0.3) is 0 Å². The van der Waals surface area contributed by atoms with Gasteiger partial charge in [-0.3, -0.25) is 4.99 Å². The number of nitrogens with one attached hydrogen (secondary N) is 2. The topological polar surface area (TPSA) is 45.7 Å². The molecule has 0 spiro atoms. The largest absolute Gasteiger partial charge is 0.377 e. The minimum absolute atomic E-state index is 0. The summed E-state index contributed by atoms with van der Waals surface area (Å²) in [5.41, 5.74) is 2.42. The number of nitrogens with zero attached hydrogens (tertiary/aromatic N) is 1. The van der Waals surface area contributed by atoms with E-state index in [1.54, 1.807) is 6.07 Å². The second-order valence-electron chi connectivity index (χ2n) is 5.73. The Bertz CT molecular complexity index is 608. The van der Waals surface area contributed by atoms with E-state index in [-0.39, 0.29) is 30.0 Å². The van der Waals surface area contributed by atoms with E-state index < -0.39 is 0 Å². The van der Waals surface area contributed by atoms with Gasteiger partial charge in [-0.05, 0) is 44.4 Å². The van der Waals surface area contributed by atoms with Crippen LogP contribution in [-0.4, -0.2) is 32.3 Å². The maximum absolute atomic E-state index is 6.29. The molecule has 4 nitrogen and oxygen atoms in total. The lowest BCUT2D eigenvalue weighted by molar-refractivity contribution is 0.153. The molecule has 0 radical (unpaired) electrons. The van der Waals surface area contributed by atoms with Gasteiger partial charge in [0.15, 0.2) is 5.96 Å². The number of hydrogen-bond donors (Lipinski definition) is 2. The van der Waals surface area contributed by atoms with Gasteiger partial charge in [0.05, 0.1) is 19.3 Å². The van der Waals surface area contributed by atoms with Crippen LogP contribution in [0.4, 0.5) is 0 Å². The van der Waals surface area contributed by atoms with Crippen molar-refractivity contribution in [3.8, 4) is 0 Å². The maximum atomic E-state index is 6.29. The molecule has 0 aromatic heterocycles. The van der Waals surface area contributed by atoms with E-state index in [1.165, 1.54) is 5.57 Å². The molecule has 2 rings (SSSR count). The Labute approximate surface area is 177 Å². The zero-order chi connectivity index (χ0) is 17.4. The Hall–Kier alpha value is -0.500. The summed E-state index contributed by atoms with van der Waals surface area (Å²) >= 11 is 12.3. The van der Waals surface area contributed by atoms with Gasteiger partial charge in [-0.2, -0.15) is 0 Å². The molecule has 1 heterocycles. The number of benzene rings is 1. The van der Waals surface area contributed by atoms with Crippen LogP contribution in [0.2, 0.25) is 10.0 Å². The smallest absolute Gasteiger partial charge is 0.191 e. The molecule has 0 amide bonds. The molecular weight excluding hydrogens is 472 g/mol. The van der Waals surface area contributed by atoms with Crippen LogP contribution in [0.1, 0.15) is 38.3 Å². The molecule has 1 aliphatic rings. The van der Waals surface area contributed by atoms with Crippen molar-refractivity contribution in [2.24, 2.45) is 4.99 Å². The number of aliphatic imine (C=N–C) groups is 1. The summed E-state index contributed by atoms with van der Waals surface area (Å²) in [6, 6.07) is 5.59. The van der Waals surface area contributed by atoms with Crippen molar-refractivity contribution in [3.05, 3.63) is 45.5 Å². The molecule has 7 heteroatoms. The maximum Gasteiger partial charge on any atom is 0.191 e. The fraction of sp³-hybridized carbons (Fsp3) is 0.500. The predicted octanol–water partition coefficient (Wildman–Crippen LogP) is 4.96. The quantitative estimate of drug-likeness (QED) is 0.252. The van der Waals surface area contributed by atoms with E-state index in [1.807, 2.05) is 12.1 Å². The second kappa shape index (κ2) is 12.0. The van der Waals surface area contributed by atoms with Crippen molar-refractivity contribution in [3.63, 3.8) is 0 Å². The summed E-state index contributed by atoms with van der Waals surface area (Å²) in [5, 5.41) is 7.97. The van der Waals surface area contributed by atoms with Gasteiger partial charge in [-0.25, -0.2) is 0 Å². The lowest BCUT2D eigenvalue weighted by Gasteiger charge is -2.19. The van der Waals surface area contributed by atoms with E-state index >= 15 is 0 Å². The van der Waals surface area contributed by atoms with Gasteiger partial charge in [-0.1, -0.05) is 40.9 Å². The molecule has 0 aliphatic carbocycles. The normalized spacial score (nSPS) is 15.8. The third-order valence-electron chi connectivity index (χ3n) is 3.89. The summed E-state index contributed by atoms with van der Waals surface area (Å²) in [7, 11) is 0. The molecular formula is C18H26Cl2IN3O. The molecule has 1 aromatic rings. The lowest BCUT2D eigenvalue weighted by Crippen LogP contribution is -2.38. The van der Waals surface area contributed by atoms with Crippen LogP contribution in [0.25, 0.3) is 0 Å². The van der Waals surface area contributed by atoms with E-state index in [2.05, 4.69) is 35.5 Å². The zero-order valence-electron chi connectivity index (χ0n) is 14.6. The van der Waals surface area contributed by atoms with Crippen molar-refractivity contribution in [2.45, 2.75) is 32.7 Å². The van der Waals surface area contributed by atoms with E-state index in [0.717, 1.165) is 50.7 Å². The molecule has 0 saturated heterocycles. The van der Waals surface area contributed by atoms with Crippen molar-refractivity contribution in [1.29, 1.82) is 0 Å². The number of rotatable bonds is 6. The monoisotopic (exact) mass is 497 g/mol. The zero-order valence-corrected chi connectivity index (χ0v) is 18.5. The van der Waals surface area contributed by atoms with Crippen LogP contribution < -0.4 is 10.6 Å². The summed E-state index contributed by atoms with van der Waals surface area (Å²) < 4.78 is 5.33. The SMILES string of the molecule is CCNC(=NCCC1=CCOCC1)NC(C)c1ccc(Cl)cc1Cl.I. The summed E-state index contributed by atoms with van der Waals surface area (Å²) in [6.45, 7) is 7.22. The van der Waals surface area contributed by atoms with Crippen molar-refractivity contribution < 1.29 is 4.74 Å². The minimum Gasteiger partial charge on any atom is -0.377 e. The first kappa shape index (κ1) is 22.5. The molecule has 1 aliphatic heterocycles. The average Bonchev–Trinajstić information content (AvgIpc) is 2.55. The Balaban J connectivity index is 0.00000312. The highest BCUT2D eigenvalue weighted by Gasteiger charge is 2.12. The minimum atomic E-state index is 0. The first-order valence-electron chi connectivity index (χ1n) is 8.35. The molecule has 140 valence electrons. The van der Waals surface area contributed by atoms with Crippen molar-refractivity contribution in [1.82, 2.24) is 10.6 Å². The van der Waals surface area contributed by atoms with Crippen LogP contribution in [0, 0.1) is 0 Å². The van der Waals surface area contributed by atoms with Crippen molar-refractivity contribution in [2.75, 3.05) is 26.3 Å². The van der Waals surface area contributed by atoms with Crippen molar-refractivity contribution >= 4 is 53.1 Å². The van der Waals surface area contributed by atoms with Gasteiger partial charge < -0.3 is 15.4 Å². The van der Waals surface area contributed by atoms with Crippen LogP contribution in [0.5, 0.6) is 0 Å². The molecule has 1 atom stereocenters. The Kier molecular flexibility index (Phi) is 10.8. The second-order valence-corrected chi connectivity index (χ2v) is 6.57. The van der Waals surface area contributed by atoms with Gasteiger partial charge >= 0.3 is 0 Å². The Morgan fingerprint density at radius 2 is 2.16 bits per heavy atom. The van der Waals surface area contributed by atoms with Gasteiger partial charge in [0, 0.05) is 23.1 Å². The summed E-state index contributed by atoms with van der Waals surface area (Å²) in [6.07, 6.45) is 4.14. The number of guanidine groups is 1. The molecule has 2 N–H and O–H groups in total. The van der Waals surface area contributed by atoms with E-state index in [9.17, 15) is 0 Å². The molecule has 25 heavy (non-hydrogen) atoms. The highest BCUT2D eigenvalue weighted by molar-refractivity contribution is 14.0. The molecule has 0 saturated carbocycles. The third-order valence-corrected chi connectivity index (χ3v) is 4.45. The summed E-state index contributed by atoms with van der Waals surface area (Å²) in [5.74, 6) is 0.795. The van der Waals surface area contributed by atoms with Gasteiger partial charge in [0.1, 0.15) is 0 Å². The summed E-state index contributed by atoms with van der Waals surface area (Å²) in [4.78, 5) is 4.66. The standard InChI is InChI=1S/C18H25Cl2N3O.HI/c1-3-21-18(22-9-6-14-7-10-24-11-8-14)23-13(2)16-5-4-15(19)12-17(16)20;/h4-5,7,12-13H,3,6,8-11H2,1-2H3,(H2,21,22,23);1H. The molecule has 0 fully saturated rings. The molecule has 0 bridgehead atoms. The molecule has 1 aromatic carbocycles. The predicted molar refractivity (Wildman–Crippen MR) is 118 cm³/mol. The number of hydrogen-bond acceptors (Lipinski definition) is 2.